The molecule has 0 bridgehead atoms. The molecule has 48 heavy (non-hydrogen) atoms. The summed E-state index contributed by atoms with van der Waals surface area (Å²) in [5.41, 5.74) is 13.8. The van der Waals surface area contributed by atoms with Crippen LogP contribution in [0.2, 0.25) is 0 Å². The average molecular weight is 618 g/mol. The summed E-state index contributed by atoms with van der Waals surface area (Å²) in [6, 6.07) is 45.1. The molecule has 3 heteroatoms. The number of benzene rings is 6. The minimum absolute atomic E-state index is 0.0351. The van der Waals surface area contributed by atoms with Gasteiger partial charge in [-0.3, -0.25) is 0 Å². The molecule has 1 aromatic heterocycles. The van der Waals surface area contributed by atoms with Gasteiger partial charge in [0.15, 0.2) is 0 Å². The number of rotatable bonds is 3. The topological polar surface area (TPSA) is 33.1 Å². The molecule has 0 saturated carbocycles. The molecule has 0 aliphatic heterocycles. The van der Waals surface area contributed by atoms with E-state index < -0.39 is 0 Å². The quantitative estimate of drug-likeness (QED) is 0.182. The normalized spacial score (nSPS) is 13.2. The third kappa shape index (κ3) is 4.40. The highest BCUT2D eigenvalue weighted by molar-refractivity contribution is 6.11. The van der Waals surface area contributed by atoms with Gasteiger partial charge in [0.1, 0.15) is 0 Å². The zero-order valence-electron chi connectivity index (χ0n) is 27.9. The summed E-state index contributed by atoms with van der Waals surface area (Å²) in [4.78, 5) is 4.07. The third-order valence-electron chi connectivity index (χ3n) is 10.2. The van der Waals surface area contributed by atoms with E-state index in [4.69, 9.17) is 6.57 Å². The molecular weight excluding hydrogens is 583 g/mol. The zero-order chi connectivity index (χ0) is 33.4. The number of hydrogen-bond acceptors (Lipinski definition) is 1. The molecular formula is C45H35N3. The lowest BCUT2D eigenvalue weighted by molar-refractivity contribution is 0.591. The van der Waals surface area contributed by atoms with Crippen molar-refractivity contribution in [2.45, 2.75) is 45.4 Å². The summed E-state index contributed by atoms with van der Waals surface area (Å²) in [7, 11) is 0. The fraction of sp³-hybridized carbons (Fsp3) is 0.156. The van der Waals surface area contributed by atoms with Crippen molar-refractivity contribution in [3.8, 4) is 45.1 Å². The summed E-state index contributed by atoms with van der Waals surface area (Å²) >= 11 is 0. The van der Waals surface area contributed by atoms with Crippen molar-refractivity contribution < 1.29 is 0 Å². The molecule has 0 amide bonds. The minimum Gasteiger partial charge on any atom is -0.318 e. The molecule has 1 aliphatic rings. The second kappa shape index (κ2) is 10.6. The Morgan fingerprint density at radius 2 is 1.29 bits per heavy atom. The van der Waals surface area contributed by atoms with Gasteiger partial charge in [-0.15, -0.1) is 0 Å². The SMILES string of the molecule is [C-]#[N+]c1cc(-c2ccc3c(c2)C(C)(C)c2ccccc2-3)cc(C#N)c1-n1c2ccc(-c3ccccc3)cc2c2cc(C(C)(C)C)ccc21. The van der Waals surface area contributed by atoms with Crippen LogP contribution in [-0.2, 0) is 10.8 Å². The maximum Gasteiger partial charge on any atom is 0.212 e. The molecule has 1 heterocycles. The lowest BCUT2D eigenvalue weighted by Gasteiger charge is -2.22. The first-order valence-electron chi connectivity index (χ1n) is 16.4. The average Bonchev–Trinajstić information content (AvgIpc) is 3.55. The minimum atomic E-state index is -0.143. The Balaban J connectivity index is 1.36. The molecule has 0 atom stereocenters. The Bertz CT molecular complexity index is 2490. The molecule has 0 fully saturated rings. The second-order valence-electron chi connectivity index (χ2n) is 14.5. The molecule has 0 unspecified atom stereocenters. The Kier molecular flexibility index (Phi) is 6.49. The van der Waals surface area contributed by atoms with Gasteiger partial charge >= 0.3 is 0 Å². The van der Waals surface area contributed by atoms with Crippen LogP contribution in [0, 0.1) is 17.9 Å². The van der Waals surface area contributed by atoms with Crippen molar-refractivity contribution in [2.75, 3.05) is 0 Å². The molecule has 0 saturated heterocycles. The summed E-state index contributed by atoms with van der Waals surface area (Å²) in [6.07, 6.45) is 0. The summed E-state index contributed by atoms with van der Waals surface area (Å²) in [5.74, 6) is 0. The molecule has 0 spiro atoms. The Morgan fingerprint density at radius 3 is 2.02 bits per heavy atom. The Labute approximate surface area is 282 Å². The molecule has 8 rings (SSSR count). The maximum absolute atomic E-state index is 10.7. The summed E-state index contributed by atoms with van der Waals surface area (Å²) in [5, 5.41) is 12.9. The molecule has 6 aromatic carbocycles. The van der Waals surface area contributed by atoms with Crippen molar-refractivity contribution >= 4 is 27.5 Å². The van der Waals surface area contributed by atoms with Gasteiger partial charge in [-0.2, -0.15) is 5.26 Å². The molecule has 230 valence electrons. The smallest absolute Gasteiger partial charge is 0.212 e. The molecule has 7 aromatic rings. The van der Waals surface area contributed by atoms with Gasteiger partial charge in [0.25, 0.3) is 0 Å². The van der Waals surface area contributed by atoms with Crippen LogP contribution in [0.5, 0.6) is 0 Å². The molecule has 0 radical (unpaired) electrons. The molecule has 1 aliphatic carbocycles. The van der Waals surface area contributed by atoms with Crippen LogP contribution >= 0.6 is 0 Å². The van der Waals surface area contributed by atoms with E-state index in [9.17, 15) is 5.26 Å². The first kappa shape index (κ1) is 29.5. The summed E-state index contributed by atoms with van der Waals surface area (Å²) in [6.45, 7) is 19.6. The van der Waals surface area contributed by atoms with Crippen LogP contribution in [0.1, 0.15) is 56.9 Å². The highest BCUT2D eigenvalue weighted by atomic mass is 15.0. The highest BCUT2D eigenvalue weighted by Crippen LogP contribution is 2.50. The zero-order valence-corrected chi connectivity index (χ0v) is 27.9. The predicted octanol–water partition coefficient (Wildman–Crippen LogP) is 12.1. The lowest BCUT2D eigenvalue weighted by Crippen LogP contribution is -2.14. The van der Waals surface area contributed by atoms with Gasteiger partial charge in [0.2, 0.25) is 5.69 Å². The van der Waals surface area contributed by atoms with Crippen LogP contribution < -0.4 is 0 Å². The lowest BCUT2D eigenvalue weighted by atomic mass is 9.81. The predicted molar refractivity (Wildman–Crippen MR) is 199 cm³/mol. The maximum atomic E-state index is 10.7. The molecule has 3 nitrogen and oxygen atoms in total. The van der Waals surface area contributed by atoms with Crippen LogP contribution in [0.15, 0.2) is 121 Å². The third-order valence-corrected chi connectivity index (χ3v) is 10.2. The van der Waals surface area contributed by atoms with E-state index in [1.807, 2.05) is 18.2 Å². The highest BCUT2D eigenvalue weighted by Gasteiger charge is 2.35. The van der Waals surface area contributed by atoms with E-state index in [0.717, 1.165) is 44.1 Å². The number of fused-ring (bicyclic) bond motifs is 6. The Hall–Kier alpha value is -5.90. The van der Waals surface area contributed by atoms with Gasteiger partial charge in [0.05, 0.1) is 34.9 Å². The fourth-order valence-corrected chi connectivity index (χ4v) is 7.62. The van der Waals surface area contributed by atoms with Crippen LogP contribution in [-0.4, -0.2) is 4.57 Å². The van der Waals surface area contributed by atoms with Gasteiger partial charge in [0, 0.05) is 16.2 Å². The van der Waals surface area contributed by atoms with Crippen molar-refractivity contribution in [2.24, 2.45) is 0 Å². The van der Waals surface area contributed by atoms with Gasteiger partial charge in [-0.25, -0.2) is 4.85 Å². The van der Waals surface area contributed by atoms with Crippen molar-refractivity contribution in [1.82, 2.24) is 4.57 Å². The number of aromatic nitrogens is 1. The number of nitrogens with zero attached hydrogens (tertiary/aromatic N) is 3. The second-order valence-corrected chi connectivity index (χ2v) is 14.5. The number of hydrogen-bond donors (Lipinski definition) is 0. The van der Waals surface area contributed by atoms with Crippen molar-refractivity contribution in [3.63, 3.8) is 0 Å². The monoisotopic (exact) mass is 617 g/mol. The van der Waals surface area contributed by atoms with Crippen LogP contribution in [0.25, 0.3) is 65.7 Å². The van der Waals surface area contributed by atoms with E-state index in [2.05, 4.69) is 153 Å². The van der Waals surface area contributed by atoms with E-state index in [-0.39, 0.29) is 10.8 Å². The van der Waals surface area contributed by atoms with E-state index in [1.165, 1.54) is 27.8 Å². The summed E-state index contributed by atoms with van der Waals surface area (Å²) < 4.78 is 2.13. The van der Waals surface area contributed by atoms with E-state index >= 15 is 0 Å². The molecule has 0 N–H and O–H groups in total. The number of nitriles is 1. The van der Waals surface area contributed by atoms with Crippen LogP contribution in [0.3, 0.4) is 0 Å². The van der Waals surface area contributed by atoms with Gasteiger partial charge in [-0.05, 0) is 98.0 Å². The van der Waals surface area contributed by atoms with Gasteiger partial charge in [-0.1, -0.05) is 113 Å². The first-order valence-corrected chi connectivity index (χ1v) is 16.4. The fourth-order valence-electron chi connectivity index (χ4n) is 7.62. The van der Waals surface area contributed by atoms with E-state index in [0.29, 0.717) is 16.9 Å². The van der Waals surface area contributed by atoms with E-state index in [1.54, 1.807) is 0 Å². The van der Waals surface area contributed by atoms with Crippen molar-refractivity contribution in [3.05, 3.63) is 155 Å². The standard InChI is InChI=1S/C45H35N3/c1-44(2,3)33-18-21-42-37(26-33)36-23-29(28-12-8-7-9-13-28)17-20-41(36)48(42)43-32(27-46)22-31(25-40(43)47-6)30-16-19-35-34-14-10-11-15-38(34)45(4,5)39(35)24-30/h7-26H,1-5H3. The van der Waals surface area contributed by atoms with Crippen molar-refractivity contribution in [1.29, 1.82) is 5.26 Å². The van der Waals surface area contributed by atoms with Gasteiger partial charge < -0.3 is 4.57 Å². The Morgan fingerprint density at radius 1 is 0.646 bits per heavy atom. The first-order chi connectivity index (χ1) is 23.1. The largest absolute Gasteiger partial charge is 0.318 e. The van der Waals surface area contributed by atoms with Crippen LogP contribution in [0.4, 0.5) is 5.69 Å².